The van der Waals surface area contributed by atoms with Gasteiger partial charge in [0, 0.05) is 21.7 Å². The van der Waals surface area contributed by atoms with Crippen LogP contribution in [0.15, 0.2) is 45.8 Å². The molecule has 0 saturated carbocycles. The molecule has 1 heterocycles. The van der Waals surface area contributed by atoms with E-state index in [1.165, 1.54) is 6.07 Å². The van der Waals surface area contributed by atoms with Gasteiger partial charge in [-0.15, -0.1) is 0 Å². The van der Waals surface area contributed by atoms with Crippen molar-refractivity contribution < 1.29 is 9.52 Å². The highest BCUT2D eigenvalue weighted by Gasteiger charge is 2.20. The Balaban J connectivity index is 0.000000200. The third-order valence-electron chi connectivity index (χ3n) is 3.52. The number of fused-ring (bicyclic) bond motifs is 1. The van der Waals surface area contributed by atoms with Crippen LogP contribution in [0.4, 0.5) is 5.69 Å². The predicted octanol–water partition coefficient (Wildman–Crippen LogP) is 7.57. The minimum absolute atomic E-state index is 0.00520. The van der Waals surface area contributed by atoms with Crippen molar-refractivity contribution in [3.63, 3.8) is 0 Å². The summed E-state index contributed by atoms with van der Waals surface area (Å²) in [5.41, 5.74) is 2.05. The minimum Gasteiger partial charge on any atom is -0.506 e. The molecular formula is C22H26Cl2N2O2. The third-order valence-corrected chi connectivity index (χ3v) is 3.99. The lowest BCUT2D eigenvalue weighted by Gasteiger charge is -2.11. The summed E-state index contributed by atoms with van der Waals surface area (Å²) in [6.07, 6.45) is 1.79. The van der Waals surface area contributed by atoms with E-state index in [9.17, 15) is 5.11 Å². The Labute approximate surface area is 176 Å². The summed E-state index contributed by atoms with van der Waals surface area (Å²) in [5.74, 6) is 0.893. The fraction of sp³-hybridized carbons (Fsp3) is 0.364. The molecule has 0 saturated heterocycles. The standard InChI is InChI=1S/C11H12ClNO.C11H14ClNO/c1-11(2,3)10-13-8-6-7(12)4-5-9(8)14-10;1-11(2,3)7-13-9-6-8(12)4-5-10(9)14/h4-6H,1-3H3;4-7,14H,1-3H3. The summed E-state index contributed by atoms with van der Waals surface area (Å²) < 4.78 is 5.62. The molecule has 0 radical (unpaired) electrons. The van der Waals surface area contributed by atoms with E-state index in [2.05, 4.69) is 30.7 Å². The van der Waals surface area contributed by atoms with Crippen molar-refractivity contribution in [2.45, 2.75) is 47.0 Å². The Kier molecular flexibility index (Phi) is 6.79. The van der Waals surface area contributed by atoms with Crippen LogP contribution in [0.2, 0.25) is 10.0 Å². The van der Waals surface area contributed by atoms with Crippen molar-refractivity contribution in [1.82, 2.24) is 4.98 Å². The molecule has 0 bridgehead atoms. The zero-order valence-corrected chi connectivity index (χ0v) is 18.6. The van der Waals surface area contributed by atoms with Crippen molar-refractivity contribution in [3.05, 3.63) is 52.3 Å². The van der Waals surface area contributed by atoms with Crippen LogP contribution in [0.1, 0.15) is 47.4 Å². The zero-order valence-electron chi connectivity index (χ0n) is 17.0. The minimum atomic E-state index is -0.0640. The van der Waals surface area contributed by atoms with Gasteiger partial charge in [0.2, 0.25) is 5.89 Å². The van der Waals surface area contributed by atoms with Crippen LogP contribution in [0, 0.1) is 5.41 Å². The second-order valence-electron chi connectivity index (χ2n) is 8.64. The Hall–Kier alpha value is -2.04. The van der Waals surface area contributed by atoms with Crippen molar-refractivity contribution >= 4 is 46.2 Å². The van der Waals surface area contributed by atoms with Gasteiger partial charge in [-0.25, -0.2) is 4.98 Å². The SMILES string of the molecule is CC(C)(C)C=Nc1cc(Cl)ccc1O.CC(C)(C)c1nc2cc(Cl)ccc2o1. The molecule has 0 aliphatic rings. The summed E-state index contributed by atoms with van der Waals surface area (Å²) in [5, 5.41) is 10.7. The molecular weight excluding hydrogens is 395 g/mol. The molecule has 0 unspecified atom stereocenters. The lowest BCUT2D eigenvalue weighted by molar-refractivity contribution is 0.411. The highest BCUT2D eigenvalue weighted by molar-refractivity contribution is 6.31. The maximum absolute atomic E-state index is 9.46. The summed E-state index contributed by atoms with van der Waals surface area (Å²) in [7, 11) is 0. The number of hydrogen-bond acceptors (Lipinski definition) is 4. The number of oxazole rings is 1. The predicted molar refractivity (Wildman–Crippen MR) is 118 cm³/mol. The van der Waals surface area contributed by atoms with Crippen LogP contribution in [-0.4, -0.2) is 16.3 Å². The van der Waals surface area contributed by atoms with Crippen LogP contribution in [0.3, 0.4) is 0 Å². The number of aromatic hydroxyl groups is 1. The van der Waals surface area contributed by atoms with E-state index in [-0.39, 0.29) is 16.6 Å². The molecule has 0 amide bonds. The summed E-state index contributed by atoms with van der Waals surface area (Å²) in [6, 6.07) is 10.3. The second-order valence-corrected chi connectivity index (χ2v) is 9.51. The molecule has 0 aliphatic carbocycles. The third kappa shape index (κ3) is 6.54. The van der Waals surface area contributed by atoms with Gasteiger partial charge in [-0.2, -0.15) is 0 Å². The number of rotatable bonds is 1. The number of benzene rings is 2. The fourth-order valence-corrected chi connectivity index (χ4v) is 2.42. The van der Waals surface area contributed by atoms with E-state index in [0.29, 0.717) is 15.7 Å². The van der Waals surface area contributed by atoms with Gasteiger partial charge < -0.3 is 9.52 Å². The Bertz CT molecular complexity index is 980. The number of phenolic OH excluding ortho intramolecular Hbond substituents is 1. The molecule has 3 aromatic rings. The van der Waals surface area contributed by atoms with Crippen LogP contribution >= 0.6 is 23.2 Å². The Morgan fingerprint density at radius 2 is 1.57 bits per heavy atom. The molecule has 0 spiro atoms. The van der Waals surface area contributed by atoms with Gasteiger partial charge >= 0.3 is 0 Å². The van der Waals surface area contributed by atoms with E-state index in [0.717, 1.165) is 17.0 Å². The van der Waals surface area contributed by atoms with E-state index >= 15 is 0 Å². The number of phenols is 1. The summed E-state index contributed by atoms with van der Waals surface area (Å²) in [6.45, 7) is 12.3. The Morgan fingerprint density at radius 1 is 0.964 bits per heavy atom. The van der Waals surface area contributed by atoms with Crippen LogP contribution in [0.5, 0.6) is 5.75 Å². The van der Waals surface area contributed by atoms with Gasteiger partial charge in [-0.05, 0) is 41.8 Å². The van der Waals surface area contributed by atoms with Gasteiger partial charge in [-0.3, -0.25) is 4.99 Å². The lowest BCUT2D eigenvalue weighted by Crippen LogP contribution is -2.10. The van der Waals surface area contributed by atoms with Crippen molar-refractivity contribution in [2.75, 3.05) is 0 Å². The average Bonchev–Trinajstić information content (AvgIpc) is 2.99. The number of halogens is 2. The zero-order chi connectivity index (χ0) is 21.1. The number of nitrogens with zero attached hydrogens (tertiary/aromatic N) is 2. The lowest BCUT2D eigenvalue weighted by atomic mass is 9.97. The summed E-state index contributed by atoms with van der Waals surface area (Å²) >= 11 is 11.6. The van der Waals surface area contributed by atoms with Crippen molar-refractivity contribution in [2.24, 2.45) is 10.4 Å². The normalized spacial score (nSPS) is 12.3. The van der Waals surface area contributed by atoms with Gasteiger partial charge in [0.1, 0.15) is 17.0 Å². The number of hydrogen-bond donors (Lipinski definition) is 1. The molecule has 0 atom stereocenters. The Morgan fingerprint density at radius 3 is 2.18 bits per heavy atom. The molecule has 4 nitrogen and oxygen atoms in total. The first-order valence-electron chi connectivity index (χ1n) is 8.95. The van der Waals surface area contributed by atoms with Crippen molar-refractivity contribution in [1.29, 1.82) is 0 Å². The molecule has 28 heavy (non-hydrogen) atoms. The van der Waals surface area contributed by atoms with E-state index in [1.807, 2.05) is 39.0 Å². The molecule has 1 aromatic heterocycles. The fourth-order valence-electron chi connectivity index (χ4n) is 2.08. The van der Waals surface area contributed by atoms with Gasteiger partial charge in [-0.1, -0.05) is 64.7 Å². The van der Waals surface area contributed by atoms with Gasteiger partial charge in [0.05, 0.1) is 0 Å². The van der Waals surface area contributed by atoms with E-state index in [4.69, 9.17) is 27.6 Å². The van der Waals surface area contributed by atoms with E-state index in [1.54, 1.807) is 18.3 Å². The molecule has 150 valence electrons. The maximum Gasteiger partial charge on any atom is 0.200 e. The molecule has 2 aromatic carbocycles. The average molecular weight is 421 g/mol. The number of aliphatic imine (C=N–C) groups is 1. The van der Waals surface area contributed by atoms with Gasteiger partial charge in [0.25, 0.3) is 0 Å². The largest absolute Gasteiger partial charge is 0.506 e. The first-order chi connectivity index (χ1) is 12.8. The van der Waals surface area contributed by atoms with Gasteiger partial charge in [0.15, 0.2) is 5.58 Å². The first-order valence-corrected chi connectivity index (χ1v) is 9.71. The van der Waals surface area contributed by atoms with E-state index < -0.39 is 0 Å². The highest BCUT2D eigenvalue weighted by atomic mass is 35.5. The summed E-state index contributed by atoms with van der Waals surface area (Å²) in [4.78, 5) is 8.57. The molecule has 3 rings (SSSR count). The maximum atomic E-state index is 9.46. The number of aromatic nitrogens is 1. The van der Waals surface area contributed by atoms with Crippen LogP contribution in [0.25, 0.3) is 11.1 Å². The molecule has 0 aliphatic heterocycles. The molecule has 0 fully saturated rings. The smallest absolute Gasteiger partial charge is 0.200 e. The quantitative estimate of drug-likeness (QED) is 0.412. The topological polar surface area (TPSA) is 58.6 Å². The molecule has 6 heteroatoms. The van der Waals surface area contributed by atoms with Crippen LogP contribution in [-0.2, 0) is 5.41 Å². The highest BCUT2D eigenvalue weighted by Crippen LogP contribution is 2.30. The van der Waals surface area contributed by atoms with Crippen molar-refractivity contribution in [3.8, 4) is 5.75 Å². The molecule has 1 N–H and O–H groups in total. The van der Waals surface area contributed by atoms with Crippen LogP contribution < -0.4 is 0 Å². The first kappa shape index (κ1) is 22.3. The monoisotopic (exact) mass is 420 g/mol. The second kappa shape index (κ2) is 8.54.